The smallest absolute Gasteiger partial charge is 0.234 e. The van der Waals surface area contributed by atoms with Crippen LogP contribution in [0.3, 0.4) is 0 Å². The minimum absolute atomic E-state index is 0. The minimum Gasteiger partial charge on any atom is -1.00 e. The van der Waals surface area contributed by atoms with Gasteiger partial charge in [-0.3, -0.25) is 9.48 Å². The molecule has 0 bridgehead atoms. The Morgan fingerprint density at radius 3 is 2.70 bits per heavy atom. The largest absolute Gasteiger partial charge is 1.00 e. The van der Waals surface area contributed by atoms with E-state index in [0.29, 0.717) is 0 Å². The van der Waals surface area contributed by atoms with Crippen LogP contribution in [-0.4, -0.2) is 42.5 Å². The lowest BCUT2D eigenvalue weighted by atomic mass is 10.4. The van der Waals surface area contributed by atoms with Crippen LogP contribution in [-0.2, 0) is 0 Å². The molecule has 0 radical (unpaired) electrons. The van der Waals surface area contributed by atoms with Crippen LogP contribution in [0.25, 0.3) is 0 Å². The average Bonchev–Trinajstić information content (AvgIpc) is 2.17. The van der Waals surface area contributed by atoms with Gasteiger partial charge in [0.15, 0.2) is 0 Å². The molecule has 1 rings (SSSR count). The predicted octanol–water partition coefficient (Wildman–Crippen LogP) is -2.61. The molecule has 0 aromatic rings. The molecule has 60 valence electrons. The van der Waals surface area contributed by atoms with Crippen LogP contribution in [0.15, 0.2) is 0 Å². The van der Waals surface area contributed by atoms with Gasteiger partial charge >= 0.3 is 0 Å². The zero-order valence-corrected chi connectivity index (χ0v) is 8.84. The highest BCUT2D eigenvalue weighted by Gasteiger charge is 2.13. The van der Waals surface area contributed by atoms with Crippen molar-refractivity contribution in [1.29, 1.82) is 0 Å². The minimum atomic E-state index is 0. The second-order valence-electron chi connectivity index (χ2n) is 2.63. The first kappa shape index (κ1) is 10.2. The Labute approximate surface area is 79.9 Å². The molecule has 0 unspecified atom stereocenters. The van der Waals surface area contributed by atoms with Gasteiger partial charge in [0.25, 0.3) is 0 Å². The van der Waals surface area contributed by atoms with Crippen LogP contribution < -0.4 is 24.0 Å². The highest BCUT2D eigenvalue weighted by atomic mass is 127. The summed E-state index contributed by atoms with van der Waals surface area (Å²) in [6.07, 6.45) is 3.45. The van der Waals surface area contributed by atoms with Gasteiger partial charge < -0.3 is 24.0 Å². The molecule has 0 aromatic carbocycles. The van der Waals surface area contributed by atoms with Crippen molar-refractivity contribution in [3.8, 4) is 0 Å². The summed E-state index contributed by atoms with van der Waals surface area (Å²) in [4.78, 5) is 2.36. The molecular formula is C7H15IN2. The van der Waals surface area contributed by atoms with E-state index in [9.17, 15) is 0 Å². The Morgan fingerprint density at radius 2 is 2.30 bits per heavy atom. The van der Waals surface area contributed by atoms with Crippen LogP contribution in [0.1, 0.15) is 13.3 Å². The second kappa shape index (κ2) is 4.93. The molecule has 0 saturated heterocycles. The van der Waals surface area contributed by atoms with Gasteiger partial charge in [-0.15, -0.1) is 0 Å². The molecule has 1 aliphatic rings. The quantitative estimate of drug-likeness (QED) is 0.386. The van der Waals surface area contributed by atoms with Gasteiger partial charge in [0.05, 0.1) is 13.6 Å². The third kappa shape index (κ3) is 2.86. The molecule has 0 amide bonds. The summed E-state index contributed by atoms with van der Waals surface area (Å²) in [5, 5.41) is 0. The lowest BCUT2D eigenvalue weighted by molar-refractivity contribution is -0.482. The Hall–Kier alpha value is 0.200. The molecule has 10 heavy (non-hydrogen) atoms. The first-order valence-corrected chi connectivity index (χ1v) is 3.62. The maximum Gasteiger partial charge on any atom is 0.234 e. The Balaban J connectivity index is 0.000000810. The number of likely N-dealkylation sites (N-methyl/N-ethyl adjacent to an activating group) is 1. The van der Waals surface area contributed by atoms with Gasteiger partial charge in [-0.05, 0) is 6.42 Å². The molecule has 3 heteroatoms. The zero-order valence-electron chi connectivity index (χ0n) is 6.68. The maximum atomic E-state index is 2.36. The summed E-state index contributed by atoms with van der Waals surface area (Å²) in [6.45, 7) is 5.83. The van der Waals surface area contributed by atoms with Gasteiger partial charge in [-0.25, -0.2) is 0 Å². The van der Waals surface area contributed by atoms with E-state index < -0.39 is 0 Å². The molecule has 0 N–H and O–H groups in total. The van der Waals surface area contributed by atoms with E-state index in [2.05, 4.69) is 29.8 Å². The summed E-state index contributed by atoms with van der Waals surface area (Å²) >= 11 is 0. The van der Waals surface area contributed by atoms with E-state index in [1.54, 1.807) is 0 Å². The van der Waals surface area contributed by atoms with Crippen LogP contribution in [0.4, 0.5) is 0 Å². The normalized spacial score (nSPS) is 16.6. The fourth-order valence-electron chi connectivity index (χ4n) is 1.14. The first-order chi connectivity index (χ1) is 4.33. The average molecular weight is 254 g/mol. The highest BCUT2D eigenvalue weighted by Crippen LogP contribution is 1.92. The van der Waals surface area contributed by atoms with Gasteiger partial charge in [-0.2, -0.15) is 0 Å². The van der Waals surface area contributed by atoms with Crippen molar-refractivity contribution in [2.24, 2.45) is 0 Å². The van der Waals surface area contributed by atoms with Gasteiger partial charge in [0.2, 0.25) is 6.34 Å². The molecule has 0 aliphatic carbocycles. The van der Waals surface area contributed by atoms with Crippen molar-refractivity contribution >= 4 is 6.34 Å². The number of hydrogen-bond acceptors (Lipinski definition) is 1. The Bertz CT molecular complexity index is 123. The molecule has 1 aliphatic heterocycles. The highest BCUT2D eigenvalue weighted by molar-refractivity contribution is 5.50. The fraction of sp³-hybridized carbons (Fsp3) is 0.857. The van der Waals surface area contributed by atoms with Crippen molar-refractivity contribution in [3.63, 3.8) is 0 Å². The topological polar surface area (TPSA) is 6.25 Å². The van der Waals surface area contributed by atoms with E-state index in [4.69, 9.17) is 0 Å². The number of nitrogens with zero attached hydrogens (tertiary/aromatic N) is 2. The second-order valence-corrected chi connectivity index (χ2v) is 2.63. The van der Waals surface area contributed by atoms with E-state index in [-0.39, 0.29) is 24.0 Å². The molecule has 0 fully saturated rings. The number of hydrogen-bond donors (Lipinski definition) is 0. The Morgan fingerprint density at radius 1 is 1.60 bits per heavy atom. The number of halogens is 1. The van der Waals surface area contributed by atoms with Gasteiger partial charge in [-0.1, -0.05) is 6.92 Å². The van der Waals surface area contributed by atoms with Gasteiger partial charge in [0, 0.05) is 0 Å². The summed E-state index contributed by atoms with van der Waals surface area (Å²) in [5.74, 6) is 0. The number of rotatable bonds is 2. The molecule has 0 saturated carbocycles. The SMILES string of the molecule is CCCN1C=[N+](C)CC1.[I-]. The van der Waals surface area contributed by atoms with Crippen LogP contribution in [0.2, 0.25) is 0 Å². The fourth-order valence-corrected chi connectivity index (χ4v) is 1.14. The summed E-state index contributed by atoms with van der Waals surface area (Å²) in [7, 11) is 2.12. The lowest BCUT2D eigenvalue weighted by Crippen LogP contribution is -3.00. The van der Waals surface area contributed by atoms with Gasteiger partial charge in [0.1, 0.15) is 13.1 Å². The van der Waals surface area contributed by atoms with Crippen molar-refractivity contribution in [3.05, 3.63) is 0 Å². The monoisotopic (exact) mass is 254 g/mol. The molecule has 0 atom stereocenters. The van der Waals surface area contributed by atoms with Crippen molar-refractivity contribution in [1.82, 2.24) is 4.90 Å². The maximum absolute atomic E-state index is 2.36. The van der Waals surface area contributed by atoms with E-state index in [1.165, 1.54) is 26.1 Å². The standard InChI is InChI=1S/C7H15N2.HI/c1-3-4-9-6-5-8(2)7-9;/h7H,3-6H2,1-2H3;1H/q+1;/p-1. The van der Waals surface area contributed by atoms with E-state index >= 15 is 0 Å². The molecule has 1 heterocycles. The summed E-state index contributed by atoms with van der Waals surface area (Å²) < 4.78 is 2.23. The molecule has 2 nitrogen and oxygen atoms in total. The Kier molecular flexibility index (Phi) is 5.03. The third-order valence-electron chi connectivity index (χ3n) is 1.61. The van der Waals surface area contributed by atoms with Crippen LogP contribution in [0.5, 0.6) is 0 Å². The van der Waals surface area contributed by atoms with Crippen LogP contribution in [0, 0.1) is 0 Å². The van der Waals surface area contributed by atoms with E-state index in [1.807, 2.05) is 0 Å². The summed E-state index contributed by atoms with van der Waals surface area (Å²) in [6, 6.07) is 0. The molecule has 0 spiro atoms. The lowest BCUT2D eigenvalue weighted by Gasteiger charge is -2.01. The predicted molar refractivity (Wildman–Crippen MR) is 39.0 cm³/mol. The first-order valence-electron chi connectivity index (χ1n) is 3.62. The third-order valence-corrected chi connectivity index (χ3v) is 1.61. The zero-order chi connectivity index (χ0) is 6.69. The molecule has 0 aromatic heterocycles. The van der Waals surface area contributed by atoms with Crippen molar-refractivity contribution < 1.29 is 28.6 Å². The molecular weight excluding hydrogens is 239 g/mol. The van der Waals surface area contributed by atoms with E-state index in [0.717, 1.165) is 0 Å². The van der Waals surface area contributed by atoms with Crippen LogP contribution >= 0.6 is 0 Å². The van der Waals surface area contributed by atoms with Crippen molar-refractivity contribution in [2.75, 3.05) is 26.7 Å². The van der Waals surface area contributed by atoms with Crippen molar-refractivity contribution in [2.45, 2.75) is 13.3 Å². The summed E-state index contributed by atoms with van der Waals surface area (Å²) in [5.41, 5.74) is 0.